The Kier molecular flexibility index (Phi) is 3.12. The highest BCUT2D eigenvalue weighted by Crippen LogP contribution is 2.44. The second kappa shape index (κ2) is 4.81. The molecule has 20 heavy (non-hydrogen) atoms. The number of benzene rings is 2. The van der Waals surface area contributed by atoms with Gasteiger partial charge in [0.1, 0.15) is 24.2 Å². The summed E-state index contributed by atoms with van der Waals surface area (Å²) in [6, 6.07) is 14.2. The second-order valence-corrected chi connectivity index (χ2v) is 4.89. The molecule has 0 saturated carbocycles. The SMILES string of the molecule is COc1ccc2c(c1)OC[C@](O)(c1ccccc1)[C@H]2O. The van der Waals surface area contributed by atoms with Crippen molar-refractivity contribution < 1.29 is 19.7 Å². The van der Waals surface area contributed by atoms with Crippen LogP contribution < -0.4 is 9.47 Å². The van der Waals surface area contributed by atoms with Gasteiger partial charge in [-0.3, -0.25) is 0 Å². The van der Waals surface area contributed by atoms with Crippen molar-refractivity contribution in [1.29, 1.82) is 0 Å². The lowest BCUT2D eigenvalue weighted by atomic mass is 9.83. The molecule has 4 nitrogen and oxygen atoms in total. The van der Waals surface area contributed by atoms with E-state index >= 15 is 0 Å². The van der Waals surface area contributed by atoms with Gasteiger partial charge in [-0.2, -0.15) is 0 Å². The average molecular weight is 272 g/mol. The van der Waals surface area contributed by atoms with E-state index in [0.29, 0.717) is 22.6 Å². The minimum absolute atomic E-state index is 0.00164. The third kappa shape index (κ3) is 1.94. The highest BCUT2D eigenvalue weighted by atomic mass is 16.5. The maximum atomic E-state index is 10.8. The van der Waals surface area contributed by atoms with Gasteiger partial charge in [0.2, 0.25) is 0 Å². The Morgan fingerprint density at radius 3 is 2.65 bits per heavy atom. The quantitative estimate of drug-likeness (QED) is 0.878. The Balaban J connectivity index is 2.02. The van der Waals surface area contributed by atoms with Crippen LogP contribution in [0.1, 0.15) is 17.2 Å². The van der Waals surface area contributed by atoms with Gasteiger partial charge >= 0.3 is 0 Å². The van der Waals surface area contributed by atoms with Gasteiger partial charge < -0.3 is 19.7 Å². The molecule has 2 aromatic carbocycles. The maximum Gasteiger partial charge on any atom is 0.153 e. The fraction of sp³-hybridized carbons (Fsp3) is 0.250. The number of hydrogen-bond donors (Lipinski definition) is 2. The van der Waals surface area contributed by atoms with E-state index in [9.17, 15) is 10.2 Å². The Labute approximate surface area is 117 Å². The molecule has 0 bridgehead atoms. The smallest absolute Gasteiger partial charge is 0.153 e. The number of aliphatic hydroxyl groups is 2. The molecule has 0 amide bonds. The average Bonchev–Trinajstić information content (AvgIpc) is 2.51. The van der Waals surface area contributed by atoms with Crippen molar-refractivity contribution in [3.63, 3.8) is 0 Å². The van der Waals surface area contributed by atoms with Crippen LogP contribution in [0, 0.1) is 0 Å². The van der Waals surface area contributed by atoms with E-state index in [1.54, 1.807) is 37.4 Å². The molecule has 1 aliphatic rings. The van der Waals surface area contributed by atoms with Crippen LogP contribution in [0.25, 0.3) is 0 Å². The molecular weight excluding hydrogens is 256 g/mol. The molecule has 1 aliphatic heterocycles. The number of rotatable bonds is 2. The van der Waals surface area contributed by atoms with Crippen LogP contribution in [0.2, 0.25) is 0 Å². The number of fused-ring (bicyclic) bond motifs is 1. The Bertz CT molecular complexity index is 611. The first kappa shape index (κ1) is 13.0. The van der Waals surface area contributed by atoms with Crippen molar-refractivity contribution in [2.24, 2.45) is 0 Å². The van der Waals surface area contributed by atoms with Crippen LogP contribution in [0.4, 0.5) is 0 Å². The zero-order valence-electron chi connectivity index (χ0n) is 11.1. The largest absolute Gasteiger partial charge is 0.497 e. The van der Waals surface area contributed by atoms with Gasteiger partial charge in [0.25, 0.3) is 0 Å². The molecule has 3 rings (SSSR count). The first-order valence-electron chi connectivity index (χ1n) is 6.42. The molecule has 2 atom stereocenters. The van der Waals surface area contributed by atoms with Crippen LogP contribution >= 0.6 is 0 Å². The summed E-state index contributed by atoms with van der Waals surface area (Å²) in [4.78, 5) is 0. The standard InChI is InChI=1S/C16H16O4/c1-19-12-7-8-13-14(9-12)20-10-16(18,15(13)17)11-5-3-2-4-6-11/h2-9,15,17-18H,10H2,1H3/t15-,16-/m0/s1. The fourth-order valence-corrected chi connectivity index (χ4v) is 2.48. The zero-order chi connectivity index (χ0) is 14.2. The molecule has 4 heteroatoms. The van der Waals surface area contributed by atoms with Crippen LogP contribution in [-0.2, 0) is 5.60 Å². The number of ether oxygens (including phenoxy) is 2. The monoisotopic (exact) mass is 272 g/mol. The van der Waals surface area contributed by atoms with Crippen molar-refractivity contribution in [2.45, 2.75) is 11.7 Å². The van der Waals surface area contributed by atoms with Gasteiger partial charge in [-0.1, -0.05) is 30.3 Å². The highest BCUT2D eigenvalue weighted by molar-refractivity contribution is 5.46. The van der Waals surface area contributed by atoms with Gasteiger partial charge in [-0.05, 0) is 17.7 Å². The summed E-state index contributed by atoms with van der Waals surface area (Å²) in [5.41, 5.74) is -0.250. The fourth-order valence-electron chi connectivity index (χ4n) is 2.48. The zero-order valence-corrected chi connectivity index (χ0v) is 11.1. The third-order valence-electron chi connectivity index (χ3n) is 3.69. The van der Waals surface area contributed by atoms with E-state index in [0.717, 1.165) is 0 Å². The summed E-state index contributed by atoms with van der Waals surface area (Å²) >= 11 is 0. The van der Waals surface area contributed by atoms with Crippen molar-refractivity contribution in [3.05, 3.63) is 59.7 Å². The van der Waals surface area contributed by atoms with E-state index < -0.39 is 11.7 Å². The van der Waals surface area contributed by atoms with Crippen LogP contribution in [0.15, 0.2) is 48.5 Å². The third-order valence-corrected chi connectivity index (χ3v) is 3.69. The van der Waals surface area contributed by atoms with Gasteiger partial charge in [0.05, 0.1) is 7.11 Å². The number of aliphatic hydroxyl groups excluding tert-OH is 1. The van der Waals surface area contributed by atoms with E-state index in [4.69, 9.17) is 9.47 Å². The van der Waals surface area contributed by atoms with Crippen LogP contribution in [0.5, 0.6) is 11.5 Å². The lowest BCUT2D eigenvalue weighted by Gasteiger charge is -2.38. The molecule has 0 spiro atoms. The molecule has 2 N–H and O–H groups in total. The van der Waals surface area contributed by atoms with E-state index in [-0.39, 0.29) is 6.61 Å². The number of methoxy groups -OCH3 is 1. The lowest BCUT2D eigenvalue weighted by Crippen LogP contribution is -2.42. The maximum absolute atomic E-state index is 10.8. The van der Waals surface area contributed by atoms with Gasteiger partial charge in [0, 0.05) is 11.6 Å². The minimum atomic E-state index is -1.44. The summed E-state index contributed by atoms with van der Waals surface area (Å²) in [6.45, 7) is -0.00164. The van der Waals surface area contributed by atoms with Gasteiger partial charge in [0.15, 0.2) is 5.60 Å². The van der Waals surface area contributed by atoms with Crippen molar-refractivity contribution in [2.75, 3.05) is 13.7 Å². The molecular formula is C16H16O4. The van der Waals surface area contributed by atoms with E-state index in [2.05, 4.69) is 0 Å². The molecule has 0 radical (unpaired) electrons. The van der Waals surface area contributed by atoms with Gasteiger partial charge in [-0.15, -0.1) is 0 Å². The first-order chi connectivity index (χ1) is 9.65. The predicted molar refractivity (Wildman–Crippen MR) is 73.8 cm³/mol. The molecule has 0 unspecified atom stereocenters. The summed E-state index contributed by atoms with van der Waals surface area (Å²) in [5, 5.41) is 21.3. The Morgan fingerprint density at radius 2 is 1.95 bits per heavy atom. The Morgan fingerprint density at radius 1 is 1.20 bits per heavy atom. The second-order valence-electron chi connectivity index (χ2n) is 4.89. The summed E-state index contributed by atoms with van der Waals surface area (Å²) in [5.74, 6) is 1.19. The van der Waals surface area contributed by atoms with E-state index in [1.165, 1.54) is 0 Å². The lowest BCUT2D eigenvalue weighted by molar-refractivity contribution is -0.121. The predicted octanol–water partition coefficient (Wildman–Crippen LogP) is 2.01. The highest BCUT2D eigenvalue weighted by Gasteiger charge is 2.44. The summed E-state index contributed by atoms with van der Waals surface area (Å²) in [7, 11) is 1.57. The minimum Gasteiger partial charge on any atom is -0.497 e. The molecule has 0 fully saturated rings. The van der Waals surface area contributed by atoms with E-state index in [1.807, 2.05) is 18.2 Å². The molecule has 0 aromatic heterocycles. The Hall–Kier alpha value is -2.04. The topological polar surface area (TPSA) is 58.9 Å². The number of hydrogen-bond acceptors (Lipinski definition) is 4. The normalized spacial score (nSPS) is 24.6. The van der Waals surface area contributed by atoms with Crippen LogP contribution in [-0.4, -0.2) is 23.9 Å². The first-order valence-corrected chi connectivity index (χ1v) is 6.42. The summed E-state index contributed by atoms with van der Waals surface area (Å²) < 4.78 is 10.7. The van der Waals surface area contributed by atoms with Gasteiger partial charge in [-0.25, -0.2) is 0 Å². The van der Waals surface area contributed by atoms with Crippen molar-refractivity contribution >= 4 is 0 Å². The van der Waals surface area contributed by atoms with Crippen molar-refractivity contribution in [3.8, 4) is 11.5 Å². The van der Waals surface area contributed by atoms with Crippen LogP contribution in [0.3, 0.4) is 0 Å². The molecule has 1 heterocycles. The molecule has 0 aliphatic carbocycles. The summed E-state index contributed by atoms with van der Waals surface area (Å²) in [6.07, 6.45) is -1.04. The molecule has 0 saturated heterocycles. The molecule has 104 valence electrons. The molecule has 2 aromatic rings. The van der Waals surface area contributed by atoms with Crippen molar-refractivity contribution in [1.82, 2.24) is 0 Å².